The van der Waals surface area contributed by atoms with E-state index in [1.54, 1.807) is 11.9 Å². The number of carbonyl (C=O) groups is 2. The molecule has 2 aliphatic heterocycles. The van der Waals surface area contributed by atoms with Gasteiger partial charge in [-0.2, -0.15) is 0 Å². The van der Waals surface area contributed by atoms with Crippen LogP contribution in [-0.4, -0.2) is 70.3 Å². The minimum absolute atomic E-state index is 0.0256. The van der Waals surface area contributed by atoms with Crippen LogP contribution in [-0.2, 0) is 15.0 Å². The fraction of sp³-hybridized carbons (Fsp3) is 0.375. The number of likely N-dealkylation sites (N-methyl/N-ethyl adjacent to an activating group) is 1. The highest BCUT2D eigenvalue weighted by Gasteiger charge is 2.42. The average Bonchev–Trinajstić information content (AvgIpc) is 3.26. The minimum atomic E-state index is -0.331. The molecular formula is C24H27N5O2. The summed E-state index contributed by atoms with van der Waals surface area (Å²) in [4.78, 5) is 33.4. The number of aromatic nitrogens is 2. The lowest BCUT2D eigenvalue weighted by Crippen LogP contribution is -2.60. The molecule has 2 saturated heterocycles. The van der Waals surface area contributed by atoms with Gasteiger partial charge >= 0.3 is 0 Å². The van der Waals surface area contributed by atoms with E-state index >= 15 is 0 Å². The Hall–Kier alpha value is -3.19. The molecule has 3 aromatic rings. The first kappa shape index (κ1) is 19.8. The highest BCUT2D eigenvalue weighted by atomic mass is 16.2. The Morgan fingerprint density at radius 2 is 1.84 bits per heavy atom. The van der Waals surface area contributed by atoms with Crippen molar-refractivity contribution in [2.45, 2.75) is 24.3 Å². The molecule has 0 spiro atoms. The third-order valence-corrected chi connectivity index (χ3v) is 6.79. The maximum atomic E-state index is 13.1. The van der Waals surface area contributed by atoms with Crippen molar-refractivity contribution in [3.05, 3.63) is 72.2 Å². The summed E-state index contributed by atoms with van der Waals surface area (Å²) in [6.07, 6.45) is 5.78. The van der Waals surface area contributed by atoms with E-state index in [1.165, 1.54) is 5.56 Å². The van der Waals surface area contributed by atoms with Crippen LogP contribution in [0.5, 0.6) is 0 Å². The van der Waals surface area contributed by atoms with Crippen LogP contribution in [0.4, 0.5) is 0 Å². The standard InChI is InChI=1S/C24H27N5O2/c1-27-16-19(25-15-22(27)30)23(31)28-13-10-24(11-14-28,18-7-3-2-4-8-18)20-17-29-12-6-5-9-21(29)26-20/h2-9,12,17,19,25H,10-11,13-16H2,1H3. The zero-order valence-corrected chi connectivity index (χ0v) is 17.7. The molecule has 1 unspecified atom stereocenters. The number of pyridine rings is 1. The molecule has 0 saturated carbocycles. The van der Waals surface area contributed by atoms with E-state index in [0.29, 0.717) is 19.6 Å². The number of likely N-dealkylation sites (tertiary alicyclic amines) is 1. The van der Waals surface area contributed by atoms with Gasteiger partial charge < -0.3 is 14.2 Å². The summed E-state index contributed by atoms with van der Waals surface area (Å²) in [6.45, 7) is 1.97. The number of piperidine rings is 1. The summed E-state index contributed by atoms with van der Waals surface area (Å²) in [5.41, 5.74) is 3.01. The van der Waals surface area contributed by atoms with Gasteiger partial charge in [0.05, 0.1) is 12.2 Å². The Morgan fingerprint density at radius 1 is 1.10 bits per heavy atom. The molecule has 1 atom stereocenters. The molecule has 0 aliphatic carbocycles. The van der Waals surface area contributed by atoms with E-state index in [-0.39, 0.29) is 29.8 Å². The highest BCUT2D eigenvalue weighted by Crippen LogP contribution is 2.41. The summed E-state index contributed by atoms with van der Waals surface area (Å²) in [5.74, 6) is 0.105. The van der Waals surface area contributed by atoms with Crippen LogP contribution in [0.1, 0.15) is 24.1 Å². The van der Waals surface area contributed by atoms with E-state index in [1.807, 2.05) is 35.4 Å². The average molecular weight is 418 g/mol. The van der Waals surface area contributed by atoms with Crippen molar-refractivity contribution in [3.63, 3.8) is 0 Å². The number of imidazole rings is 1. The van der Waals surface area contributed by atoms with E-state index < -0.39 is 0 Å². The van der Waals surface area contributed by atoms with Gasteiger partial charge in [0.25, 0.3) is 0 Å². The maximum absolute atomic E-state index is 13.1. The third kappa shape index (κ3) is 3.49. The molecule has 4 heterocycles. The Labute approximate surface area is 181 Å². The maximum Gasteiger partial charge on any atom is 0.241 e. The zero-order chi connectivity index (χ0) is 21.4. The van der Waals surface area contributed by atoms with Crippen LogP contribution in [0.2, 0.25) is 0 Å². The van der Waals surface area contributed by atoms with Crippen LogP contribution in [0.25, 0.3) is 5.65 Å². The number of nitrogens with zero attached hydrogens (tertiary/aromatic N) is 4. The predicted octanol–water partition coefficient (Wildman–Crippen LogP) is 1.67. The van der Waals surface area contributed by atoms with Crippen molar-refractivity contribution in [2.24, 2.45) is 0 Å². The number of nitrogens with one attached hydrogen (secondary N) is 1. The number of carbonyl (C=O) groups excluding carboxylic acids is 2. The molecule has 0 bridgehead atoms. The van der Waals surface area contributed by atoms with Gasteiger partial charge in [-0.3, -0.25) is 14.9 Å². The third-order valence-electron chi connectivity index (χ3n) is 6.79. The van der Waals surface area contributed by atoms with E-state index in [9.17, 15) is 9.59 Å². The first-order valence-electron chi connectivity index (χ1n) is 10.8. The van der Waals surface area contributed by atoms with Gasteiger partial charge in [0.15, 0.2) is 0 Å². The summed E-state index contributed by atoms with van der Waals surface area (Å²) < 4.78 is 2.07. The summed E-state index contributed by atoms with van der Waals surface area (Å²) in [7, 11) is 1.75. The molecule has 7 heteroatoms. The number of hydrogen-bond donors (Lipinski definition) is 1. The Bertz CT molecular complexity index is 1070. The lowest BCUT2D eigenvalue weighted by Gasteiger charge is -2.43. The number of benzene rings is 1. The van der Waals surface area contributed by atoms with Gasteiger partial charge in [-0.25, -0.2) is 4.98 Å². The first-order valence-corrected chi connectivity index (χ1v) is 10.8. The first-order chi connectivity index (χ1) is 15.1. The molecule has 2 aromatic heterocycles. The second-order valence-electron chi connectivity index (χ2n) is 8.57. The van der Waals surface area contributed by atoms with Crippen LogP contribution in [0.15, 0.2) is 60.9 Å². The molecule has 5 rings (SSSR count). The zero-order valence-electron chi connectivity index (χ0n) is 17.7. The van der Waals surface area contributed by atoms with Crippen molar-refractivity contribution in [1.29, 1.82) is 0 Å². The number of rotatable bonds is 3. The topological polar surface area (TPSA) is 70.0 Å². The monoisotopic (exact) mass is 417 g/mol. The molecule has 1 aromatic carbocycles. The summed E-state index contributed by atoms with van der Waals surface area (Å²) in [5, 5.41) is 3.10. The summed E-state index contributed by atoms with van der Waals surface area (Å²) in [6, 6.07) is 16.2. The van der Waals surface area contributed by atoms with E-state index in [2.05, 4.69) is 40.2 Å². The van der Waals surface area contributed by atoms with Crippen LogP contribution < -0.4 is 5.32 Å². The van der Waals surface area contributed by atoms with Crippen LogP contribution in [0, 0.1) is 0 Å². The SMILES string of the molecule is CN1CC(C(=O)N2CCC(c3ccccc3)(c3cn4ccccc4n3)CC2)NCC1=O. The normalized spacial score (nSPS) is 21.5. The number of amides is 2. The van der Waals surface area contributed by atoms with Gasteiger partial charge in [0.2, 0.25) is 11.8 Å². The Kier molecular flexibility index (Phi) is 4.98. The van der Waals surface area contributed by atoms with Crippen molar-refractivity contribution in [2.75, 3.05) is 33.2 Å². The second kappa shape index (κ2) is 7.81. The fourth-order valence-corrected chi connectivity index (χ4v) is 4.90. The van der Waals surface area contributed by atoms with E-state index in [4.69, 9.17) is 4.98 Å². The van der Waals surface area contributed by atoms with Crippen molar-refractivity contribution >= 4 is 17.5 Å². The second-order valence-corrected chi connectivity index (χ2v) is 8.57. The fourth-order valence-electron chi connectivity index (χ4n) is 4.90. The number of hydrogen-bond acceptors (Lipinski definition) is 4. The molecule has 2 aliphatic rings. The van der Waals surface area contributed by atoms with Gasteiger partial charge in [-0.1, -0.05) is 36.4 Å². The minimum Gasteiger partial charge on any atom is -0.343 e. The summed E-state index contributed by atoms with van der Waals surface area (Å²) >= 11 is 0. The van der Waals surface area contributed by atoms with Gasteiger partial charge in [0.1, 0.15) is 11.7 Å². The quantitative estimate of drug-likeness (QED) is 0.704. The van der Waals surface area contributed by atoms with Gasteiger partial charge in [-0.15, -0.1) is 0 Å². The van der Waals surface area contributed by atoms with Crippen molar-refractivity contribution in [1.82, 2.24) is 24.5 Å². The van der Waals surface area contributed by atoms with Crippen molar-refractivity contribution < 1.29 is 9.59 Å². The molecule has 7 nitrogen and oxygen atoms in total. The molecule has 2 amide bonds. The number of fused-ring (bicyclic) bond motifs is 1. The smallest absolute Gasteiger partial charge is 0.241 e. The lowest BCUT2D eigenvalue weighted by atomic mass is 9.70. The highest BCUT2D eigenvalue weighted by molar-refractivity contribution is 5.86. The van der Waals surface area contributed by atoms with Gasteiger partial charge in [0, 0.05) is 44.5 Å². The van der Waals surface area contributed by atoms with Crippen LogP contribution >= 0.6 is 0 Å². The molecule has 2 fully saturated rings. The molecule has 160 valence electrons. The largest absolute Gasteiger partial charge is 0.343 e. The van der Waals surface area contributed by atoms with Gasteiger partial charge in [-0.05, 0) is 30.5 Å². The molecule has 1 N–H and O–H groups in total. The predicted molar refractivity (Wildman–Crippen MR) is 118 cm³/mol. The van der Waals surface area contributed by atoms with Crippen molar-refractivity contribution in [3.8, 4) is 0 Å². The van der Waals surface area contributed by atoms with Crippen LogP contribution in [0.3, 0.4) is 0 Å². The Balaban J connectivity index is 1.41. The van der Waals surface area contributed by atoms with E-state index in [0.717, 1.165) is 24.2 Å². The lowest BCUT2D eigenvalue weighted by molar-refractivity contribution is -0.140. The molecule has 31 heavy (non-hydrogen) atoms. The molecular weight excluding hydrogens is 390 g/mol. The number of piperazine rings is 1. The molecule has 0 radical (unpaired) electrons. The Morgan fingerprint density at radius 3 is 2.55 bits per heavy atom.